The summed E-state index contributed by atoms with van der Waals surface area (Å²) in [6.07, 6.45) is -3.18. The van der Waals surface area contributed by atoms with Crippen molar-refractivity contribution in [2.75, 3.05) is 33.2 Å². The number of hydrogen-bond donors (Lipinski definition) is 1. The lowest BCUT2D eigenvalue weighted by Crippen LogP contribution is -2.73. The fraction of sp³-hybridized carbons (Fsp3) is 0.462. The second-order valence-electron chi connectivity index (χ2n) is 10.5. The van der Waals surface area contributed by atoms with Crippen molar-refractivity contribution >= 4 is 35.0 Å². The predicted molar refractivity (Wildman–Crippen MR) is 131 cm³/mol. The molecule has 36 heavy (non-hydrogen) atoms. The summed E-state index contributed by atoms with van der Waals surface area (Å²) in [5, 5.41) is 3.77. The van der Waals surface area contributed by atoms with E-state index in [-0.39, 0.29) is 23.7 Å². The molecule has 2 heterocycles. The number of amides is 2. The SMILES string of the molecule is CN1CC2(C1)CN(C(=O)[C@H](Cc1ccc(C(F)(F)F)cc1)NC(=O)C1(c3ccc(Cl)cc3Cl)CC1)C2. The number of rotatable bonds is 6. The van der Waals surface area contributed by atoms with Crippen LogP contribution >= 0.6 is 23.2 Å². The standard InChI is InChI=1S/C26H26Cl2F3N3O2/c1-33-12-24(13-33)14-34(15-24)22(35)21(10-16-2-4-17(5-3-16)26(29,30)31)32-23(36)25(8-9-25)19-7-6-18(27)11-20(19)28/h2-7,11,21H,8-10,12-15H2,1H3,(H,32,36)/t21-/m0/s1. The Morgan fingerprint density at radius 3 is 2.19 bits per heavy atom. The Hall–Kier alpha value is -2.29. The van der Waals surface area contributed by atoms with Gasteiger partial charge in [0.2, 0.25) is 11.8 Å². The monoisotopic (exact) mass is 539 g/mol. The molecule has 10 heteroatoms. The number of hydrogen-bond acceptors (Lipinski definition) is 3. The molecule has 2 amide bonds. The van der Waals surface area contributed by atoms with E-state index in [2.05, 4.69) is 10.2 Å². The van der Waals surface area contributed by atoms with Crippen LogP contribution < -0.4 is 5.32 Å². The molecule has 2 aliphatic heterocycles. The highest BCUT2D eigenvalue weighted by Gasteiger charge is 2.55. The molecular weight excluding hydrogens is 514 g/mol. The van der Waals surface area contributed by atoms with Crippen molar-refractivity contribution in [2.24, 2.45) is 5.41 Å². The molecule has 5 nitrogen and oxygen atoms in total. The minimum atomic E-state index is -4.44. The molecule has 3 fully saturated rings. The topological polar surface area (TPSA) is 52.6 Å². The predicted octanol–water partition coefficient (Wildman–Crippen LogP) is 4.55. The van der Waals surface area contributed by atoms with E-state index in [9.17, 15) is 22.8 Å². The van der Waals surface area contributed by atoms with E-state index >= 15 is 0 Å². The Bertz CT molecular complexity index is 1180. The molecule has 1 atom stereocenters. The lowest BCUT2D eigenvalue weighted by Gasteiger charge is -2.59. The van der Waals surface area contributed by atoms with Crippen molar-refractivity contribution < 1.29 is 22.8 Å². The van der Waals surface area contributed by atoms with Gasteiger partial charge in [0.15, 0.2) is 0 Å². The molecule has 3 aliphatic rings. The van der Waals surface area contributed by atoms with Gasteiger partial charge in [-0.05, 0) is 55.3 Å². The van der Waals surface area contributed by atoms with Crippen LogP contribution in [-0.4, -0.2) is 60.9 Å². The Balaban J connectivity index is 1.35. The quantitative estimate of drug-likeness (QED) is 0.586. The Kier molecular flexibility index (Phi) is 6.29. The summed E-state index contributed by atoms with van der Waals surface area (Å²) < 4.78 is 39.0. The summed E-state index contributed by atoms with van der Waals surface area (Å²) in [5.74, 6) is -0.531. The molecule has 1 aliphatic carbocycles. The summed E-state index contributed by atoms with van der Waals surface area (Å²) in [7, 11) is 2.03. The summed E-state index contributed by atoms with van der Waals surface area (Å²) in [6.45, 7) is 3.07. The largest absolute Gasteiger partial charge is 0.416 e. The second kappa shape index (κ2) is 8.92. The molecule has 0 unspecified atom stereocenters. The van der Waals surface area contributed by atoms with Gasteiger partial charge in [0.25, 0.3) is 0 Å². The lowest BCUT2D eigenvalue weighted by atomic mass is 9.73. The first-order valence-corrected chi connectivity index (χ1v) is 12.6. The van der Waals surface area contributed by atoms with E-state index in [1.165, 1.54) is 12.1 Å². The van der Waals surface area contributed by atoms with E-state index in [0.29, 0.717) is 47.1 Å². The molecule has 2 aromatic rings. The smallest absolute Gasteiger partial charge is 0.343 e. The van der Waals surface area contributed by atoms with Crippen molar-refractivity contribution in [3.05, 3.63) is 69.2 Å². The molecule has 192 valence electrons. The zero-order valence-corrected chi connectivity index (χ0v) is 21.2. The number of nitrogens with one attached hydrogen (secondary N) is 1. The number of halogens is 5. The van der Waals surface area contributed by atoms with Crippen molar-refractivity contribution in [1.82, 2.24) is 15.1 Å². The number of alkyl halides is 3. The maximum Gasteiger partial charge on any atom is 0.416 e. The first kappa shape index (κ1) is 25.4. The van der Waals surface area contributed by atoms with Crippen LogP contribution in [0.3, 0.4) is 0 Å². The van der Waals surface area contributed by atoms with Crippen LogP contribution in [0.5, 0.6) is 0 Å². The van der Waals surface area contributed by atoms with E-state index in [1.54, 1.807) is 23.1 Å². The maximum absolute atomic E-state index is 13.5. The van der Waals surface area contributed by atoms with Gasteiger partial charge in [-0.2, -0.15) is 13.2 Å². The van der Waals surface area contributed by atoms with E-state index in [0.717, 1.165) is 25.2 Å². The summed E-state index contributed by atoms with van der Waals surface area (Å²) in [4.78, 5) is 30.9. The summed E-state index contributed by atoms with van der Waals surface area (Å²) in [5.41, 5.74) is -0.289. The molecule has 5 rings (SSSR count). The fourth-order valence-electron chi connectivity index (χ4n) is 5.62. The molecule has 2 aromatic carbocycles. The third-order valence-electron chi connectivity index (χ3n) is 7.53. The fourth-order valence-corrected chi connectivity index (χ4v) is 6.21. The minimum Gasteiger partial charge on any atom is -0.343 e. The highest BCUT2D eigenvalue weighted by molar-refractivity contribution is 6.35. The molecule has 1 spiro atoms. The van der Waals surface area contributed by atoms with Crippen molar-refractivity contribution in [1.29, 1.82) is 0 Å². The highest BCUT2D eigenvalue weighted by Crippen LogP contribution is 2.51. The Labute approximate surface area is 217 Å². The van der Waals surface area contributed by atoms with Crippen LogP contribution in [0, 0.1) is 5.41 Å². The number of carbonyl (C=O) groups is 2. The van der Waals surface area contributed by atoms with Crippen LogP contribution in [0.15, 0.2) is 42.5 Å². The van der Waals surface area contributed by atoms with Gasteiger partial charge >= 0.3 is 6.18 Å². The van der Waals surface area contributed by atoms with Gasteiger partial charge in [0.05, 0.1) is 11.0 Å². The van der Waals surface area contributed by atoms with Gasteiger partial charge in [-0.3, -0.25) is 9.59 Å². The van der Waals surface area contributed by atoms with Crippen LogP contribution in [-0.2, 0) is 27.6 Å². The average molecular weight is 540 g/mol. The zero-order valence-electron chi connectivity index (χ0n) is 19.7. The van der Waals surface area contributed by atoms with Gasteiger partial charge in [-0.1, -0.05) is 41.4 Å². The van der Waals surface area contributed by atoms with Gasteiger partial charge in [0.1, 0.15) is 6.04 Å². The molecule has 1 N–H and O–H groups in total. The average Bonchev–Trinajstić information content (AvgIpc) is 3.56. The summed E-state index contributed by atoms with van der Waals surface area (Å²) >= 11 is 12.4. The van der Waals surface area contributed by atoms with Crippen molar-refractivity contribution in [3.8, 4) is 0 Å². The number of likely N-dealkylation sites (tertiary alicyclic amines) is 2. The highest BCUT2D eigenvalue weighted by atomic mass is 35.5. The van der Waals surface area contributed by atoms with Gasteiger partial charge in [-0.15, -0.1) is 0 Å². The van der Waals surface area contributed by atoms with Crippen molar-refractivity contribution in [2.45, 2.75) is 36.9 Å². The summed E-state index contributed by atoms with van der Waals surface area (Å²) in [6, 6.07) is 8.81. The number of nitrogens with zero attached hydrogens (tertiary/aromatic N) is 2. The molecule has 1 saturated carbocycles. The van der Waals surface area contributed by atoms with Crippen LogP contribution in [0.1, 0.15) is 29.5 Å². The number of benzene rings is 2. The molecule has 2 saturated heterocycles. The van der Waals surface area contributed by atoms with Gasteiger partial charge in [-0.25, -0.2) is 0 Å². The van der Waals surface area contributed by atoms with Gasteiger partial charge in [0, 0.05) is 48.1 Å². The van der Waals surface area contributed by atoms with Crippen LogP contribution in [0.25, 0.3) is 0 Å². The third kappa shape index (κ3) is 4.71. The second-order valence-corrected chi connectivity index (χ2v) is 11.3. The maximum atomic E-state index is 13.5. The number of carbonyl (C=O) groups excluding carboxylic acids is 2. The first-order valence-electron chi connectivity index (χ1n) is 11.8. The third-order valence-corrected chi connectivity index (χ3v) is 8.08. The normalized spacial score (nSPS) is 20.9. The zero-order chi connectivity index (χ0) is 25.9. The Morgan fingerprint density at radius 1 is 1.03 bits per heavy atom. The van der Waals surface area contributed by atoms with Crippen LogP contribution in [0.4, 0.5) is 13.2 Å². The van der Waals surface area contributed by atoms with Crippen LogP contribution in [0.2, 0.25) is 10.0 Å². The van der Waals surface area contributed by atoms with E-state index in [1.807, 2.05) is 7.05 Å². The molecule has 0 aromatic heterocycles. The minimum absolute atomic E-state index is 0.0938. The lowest BCUT2D eigenvalue weighted by molar-refractivity contribution is -0.159. The van der Waals surface area contributed by atoms with E-state index < -0.39 is 23.2 Å². The molecular formula is C26H26Cl2F3N3O2. The van der Waals surface area contributed by atoms with Crippen molar-refractivity contribution in [3.63, 3.8) is 0 Å². The van der Waals surface area contributed by atoms with Gasteiger partial charge < -0.3 is 15.1 Å². The Morgan fingerprint density at radius 2 is 1.67 bits per heavy atom. The molecule has 0 bridgehead atoms. The van der Waals surface area contributed by atoms with E-state index in [4.69, 9.17) is 23.2 Å². The molecule has 0 radical (unpaired) electrons. The first-order chi connectivity index (χ1) is 16.9.